The average molecular weight is 249 g/mol. The molecule has 0 heterocycles. The summed E-state index contributed by atoms with van der Waals surface area (Å²) in [6, 6.07) is 0. The van der Waals surface area contributed by atoms with Crippen LogP contribution in [0.15, 0.2) is 0 Å². The van der Waals surface area contributed by atoms with Gasteiger partial charge in [0.1, 0.15) is 0 Å². The third-order valence-corrected chi connectivity index (χ3v) is 3.93. The van der Waals surface area contributed by atoms with Crippen LogP contribution < -0.4 is 5.73 Å². The Kier molecular flexibility index (Phi) is 8.42. The van der Waals surface area contributed by atoms with Gasteiger partial charge in [-0.05, 0) is 20.1 Å². The second-order valence-corrected chi connectivity index (χ2v) is 5.29. The number of primary amides is 1. The summed E-state index contributed by atoms with van der Waals surface area (Å²) in [6.45, 7) is 7.84. The summed E-state index contributed by atoms with van der Waals surface area (Å²) in [5.74, 6) is -0.0742. The maximum atomic E-state index is 11.6. The summed E-state index contributed by atoms with van der Waals surface area (Å²) in [7, 11) is 0.706. The van der Waals surface area contributed by atoms with Gasteiger partial charge in [-0.2, -0.15) is 0 Å². The second kappa shape index (κ2) is 8.66. The molecule has 0 saturated heterocycles. The van der Waals surface area contributed by atoms with Gasteiger partial charge in [0.15, 0.2) is 0 Å². The van der Waals surface area contributed by atoms with Crippen molar-refractivity contribution in [1.29, 1.82) is 0 Å². The molecule has 0 fully saturated rings. The van der Waals surface area contributed by atoms with Crippen molar-refractivity contribution >= 4 is 16.9 Å². The number of carbonyl (C=O) groups excluding carboxylic acids is 1. The number of amides is 1. The Bertz CT molecular complexity index is 232. The summed E-state index contributed by atoms with van der Waals surface area (Å²) in [4.78, 5) is 12.8. The summed E-state index contributed by atoms with van der Waals surface area (Å²) in [5.41, 5.74) is 5.01. The lowest BCUT2D eigenvalue weighted by atomic mass is 10.5. The fourth-order valence-electron chi connectivity index (χ4n) is 1.27. The molecular weight excluding hydrogens is 226 g/mol. The molecule has 1 unspecified atom stereocenters. The van der Waals surface area contributed by atoms with Gasteiger partial charge < -0.3 is 10.6 Å². The first-order valence-corrected chi connectivity index (χ1v) is 6.89. The van der Waals surface area contributed by atoms with E-state index in [2.05, 4.69) is 18.7 Å². The van der Waals surface area contributed by atoms with Crippen molar-refractivity contribution in [2.45, 2.75) is 20.3 Å². The molecule has 5 nitrogen and oxygen atoms in total. The van der Waals surface area contributed by atoms with Crippen LogP contribution in [-0.2, 0) is 15.8 Å². The predicted molar refractivity (Wildman–Crippen MR) is 67.2 cm³/mol. The van der Waals surface area contributed by atoms with Gasteiger partial charge in [0.25, 0.3) is 0 Å². The minimum atomic E-state index is -1.10. The summed E-state index contributed by atoms with van der Waals surface area (Å²) < 4.78 is 13.4. The molecule has 0 saturated carbocycles. The van der Waals surface area contributed by atoms with E-state index in [9.17, 15) is 9.00 Å². The van der Waals surface area contributed by atoms with Gasteiger partial charge in [-0.3, -0.25) is 4.79 Å². The first kappa shape index (κ1) is 15.5. The Balaban J connectivity index is 3.82. The highest BCUT2D eigenvalue weighted by Crippen LogP contribution is 1.96. The van der Waals surface area contributed by atoms with E-state index in [4.69, 9.17) is 5.73 Å². The zero-order valence-electron chi connectivity index (χ0n) is 10.4. The molecule has 1 atom stereocenters. The van der Waals surface area contributed by atoms with Gasteiger partial charge in [-0.25, -0.2) is 8.51 Å². The Hall–Kier alpha value is -0.460. The fraction of sp³-hybridized carbons (Fsp3) is 0.900. The van der Waals surface area contributed by atoms with Crippen LogP contribution in [0.25, 0.3) is 0 Å². The van der Waals surface area contributed by atoms with Crippen LogP contribution in [-0.4, -0.2) is 58.3 Å². The molecule has 6 heteroatoms. The summed E-state index contributed by atoms with van der Waals surface area (Å²) in [5, 5.41) is 0. The zero-order chi connectivity index (χ0) is 12.6. The number of nitrogens with two attached hydrogens (primary N) is 1. The lowest BCUT2D eigenvalue weighted by Gasteiger charge is -2.22. The topological polar surface area (TPSA) is 66.6 Å². The molecule has 0 aliphatic rings. The van der Waals surface area contributed by atoms with E-state index in [0.29, 0.717) is 5.75 Å². The third kappa shape index (κ3) is 6.92. The van der Waals surface area contributed by atoms with Gasteiger partial charge in [-0.1, -0.05) is 13.8 Å². The van der Waals surface area contributed by atoms with E-state index in [-0.39, 0.29) is 6.42 Å². The van der Waals surface area contributed by atoms with E-state index in [1.165, 1.54) is 0 Å². The van der Waals surface area contributed by atoms with Crippen LogP contribution in [0, 0.1) is 0 Å². The molecule has 2 N–H and O–H groups in total. The maximum absolute atomic E-state index is 11.6. The SMILES string of the molecule is CCN(CC)CCN(C)S(=O)CCC(N)=O. The van der Waals surface area contributed by atoms with Crippen LogP contribution in [0.2, 0.25) is 0 Å². The standard InChI is InChI=1S/C10H23N3O2S/c1-4-13(5-2)8-7-12(3)16(15)9-6-10(11)14/h4-9H2,1-3H3,(H2,11,14). The minimum absolute atomic E-state index is 0.183. The largest absolute Gasteiger partial charge is 0.370 e. The van der Waals surface area contributed by atoms with Gasteiger partial charge in [0.05, 0.1) is 11.0 Å². The molecule has 0 aromatic heterocycles. The monoisotopic (exact) mass is 249 g/mol. The van der Waals surface area contributed by atoms with Crippen LogP contribution >= 0.6 is 0 Å². The van der Waals surface area contributed by atoms with E-state index < -0.39 is 16.9 Å². The Morgan fingerprint density at radius 1 is 1.25 bits per heavy atom. The Morgan fingerprint density at radius 3 is 2.25 bits per heavy atom. The normalized spacial score (nSPS) is 13.3. The van der Waals surface area contributed by atoms with Gasteiger partial charge in [0.2, 0.25) is 5.91 Å². The lowest BCUT2D eigenvalue weighted by Crippen LogP contribution is -2.35. The van der Waals surface area contributed by atoms with Crippen molar-refractivity contribution < 1.29 is 9.00 Å². The van der Waals surface area contributed by atoms with Crippen molar-refractivity contribution in [3.63, 3.8) is 0 Å². The summed E-state index contributed by atoms with van der Waals surface area (Å²) >= 11 is 0. The highest BCUT2D eigenvalue weighted by molar-refractivity contribution is 7.82. The molecule has 0 rings (SSSR count). The zero-order valence-corrected chi connectivity index (χ0v) is 11.3. The molecule has 16 heavy (non-hydrogen) atoms. The highest BCUT2D eigenvalue weighted by Gasteiger charge is 2.10. The van der Waals surface area contributed by atoms with Crippen molar-refractivity contribution in [3.05, 3.63) is 0 Å². The second-order valence-electron chi connectivity index (χ2n) is 3.62. The van der Waals surface area contributed by atoms with Gasteiger partial charge >= 0.3 is 0 Å². The molecule has 0 aromatic carbocycles. The molecule has 0 aliphatic carbocycles. The van der Waals surface area contributed by atoms with Gasteiger partial charge in [0, 0.05) is 25.3 Å². The van der Waals surface area contributed by atoms with Crippen molar-refractivity contribution in [2.75, 3.05) is 39.0 Å². The molecule has 96 valence electrons. The van der Waals surface area contributed by atoms with Crippen LogP contribution in [0.4, 0.5) is 0 Å². The first-order chi connectivity index (χ1) is 7.51. The maximum Gasteiger partial charge on any atom is 0.218 e. The summed E-state index contributed by atoms with van der Waals surface area (Å²) in [6.07, 6.45) is 0.183. The molecule has 0 aromatic rings. The smallest absolute Gasteiger partial charge is 0.218 e. The predicted octanol–water partition coefficient (Wildman–Crippen LogP) is -0.201. The van der Waals surface area contributed by atoms with Crippen molar-refractivity contribution in [3.8, 4) is 0 Å². The quantitative estimate of drug-likeness (QED) is 0.615. The van der Waals surface area contributed by atoms with Crippen LogP contribution in [0.1, 0.15) is 20.3 Å². The number of rotatable bonds is 9. The Labute approximate surface area is 101 Å². The fourth-order valence-corrected chi connectivity index (χ4v) is 2.24. The molecule has 0 spiro atoms. The first-order valence-electron chi connectivity index (χ1n) is 5.61. The van der Waals surface area contributed by atoms with Crippen LogP contribution in [0.5, 0.6) is 0 Å². The molecular formula is C10H23N3O2S. The number of hydrogen-bond donors (Lipinski definition) is 1. The van der Waals surface area contributed by atoms with E-state index in [0.717, 1.165) is 26.2 Å². The van der Waals surface area contributed by atoms with Gasteiger partial charge in [-0.15, -0.1) is 0 Å². The number of carbonyl (C=O) groups is 1. The van der Waals surface area contributed by atoms with Crippen molar-refractivity contribution in [1.82, 2.24) is 9.21 Å². The van der Waals surface area contributed by atoms with Crippen molar-refractivity contribution in [2.24, 2.45) is 5.73 Å². The highest BCUT2D eigenvalue weighted by atomic mass is 32.2. The van der Waals surface area contributed by atoms with Crippen LogP contribution in [0.3, 0.4) is 0 Å². The third-order valence-electron chi connectivity index (χ3n) is 2.50. The van der Waals surface area contributed by atoms with E-state index in [1.54, 1.807) is 11.4 Å². The molecule has 0 bridgehead atoms. The molecule has 0 aliphatic heterocycles. The number of hydrogen-bond acceptors (Lipinski definition) is 3. The van der Waals surface area contributed by atoms with E-state index >= 15 is 0 Å². The van der Waals surface area contributed by atoms with E-state index in [1.807, 2.05) is 0 Å². The Morgan fingerprint density at radius 2 is 1.81 bits per heavy atom. The lowest BCUT2D eigenvalue weighted by molar-refractivity contribution is -0.117. The molecule has 0 radical (unpaired) electrons. The average Bonchev–Trinajstić information content (AvgIpc) is 2.26. The number of likely N-dealkylation sites (N-methyl/N-ethyl adjacent to an activating group) is 2. The number of nitrogens with zero attached hydrogens (tertiary/aromatic N) is 2. The minimum Gasteiger partial charge on any atom is -0.370 e. The molecule has 1 amide bonds.